The number of likely N-dealkylation sites (N-methyl/N-ethyl adjacent to an activating group) is 1. The molecule has 2 aliphatic rings. The highest BCUT2D eigenvalue weighted by Gasteiger charge is 2.39. The smallest absolute Gasteiger partial charge is 0.0508 e. The molecule has 2 aromatic rings. The summed E-state index contributed by atoms with van der Waals surface area (Å²) < 4.78 is 2.61. The summed E-state index contributed by atoms with van der Waals surface area (Å²) >= 11 is 0. The van der Waals surface area contributed by atoms with Gasteiger partial charge in [0.25, 0.3) is 0 Å². The van der Waals surface area contributed by atoms with E-state index in [0.29, 0.717) is 11.8 Å². The maximum absolute atomic E-state index is 4.93. The van der Waals surface area contributed by atoms with Crippen molar-refractivity contribution in [2.45, 2.75) is 64.5 Å². The van der Waals surface area contributed by atoms with Crippen LogP contribution in [-0.4, -0.2) is 25.7 Å². The lowest BCUT2D eigenvalue weighted by Gasteiger charge is -2.27. The normalized spacial score (nSPS) is 23.5. The van der Waals surface area contributed by atoms with Gasteiger partial charge in [0.05, 0.1) is 10.4 Å². The van der Waals surface area contributed by atoms with E-state index >= 15 is 0 Å². The van der Waals surface area contributed by atoms with Gasteiger partial charge in [-0.3, -0.25) is 4.99 Å². The number of para-hydroxylation sites is 2. The quantitative estimate of drug-likeness (QED) is 0.314. The number of rotatable bonds is 6. The zero-order valence-electron chi connectivity index (χ0n) is 22.2. The zero-order chi connectivity index (χ0) is 24.7. The van der Waals surface area contributed by atoms with Crippen LogP contribution in [0.1, 0.15) is 65.5 Å². The molecule has 0 saturated carbocycles. The van der Waals surface area contributed by atoms with Crippen molar-refractivity contribution in [3.8, 4) is 0 Å². The van der Waals surface area contributed by atoms with Crippen molar-refractivity contribution < 1.29 is 0 Å². The summed E-state index contributed by atoms with van der Waals surface area (Å²) in [5.41, 5.74) is 6.71. The molecule has 3 atom stereocenters. The van der Waals surface area contributed by atoms with Gasteiger partial charge < -0.3 is 9.21 Å². The van der Waals surface area contributed by atoms with E-state index in [-0.39, 0.29) is 20.8 Å². The SMILES string of the molecule is CCC(C)C(C=N/C=C1\N(C)c2ccccc2C1(C)C)C/C=S1\N(C)c2ccccc2C1(C)C. The number of hydrogen-bond acceptors (Lipinski definition) is 3. The molecule has 4 rings (SSSR count). The number of anilines is 2. The lowest BCUT2D eigenvalue weighted by molar-refractivity contribution is 0.460. The highest BCUT2D eigenvalue weighted by molar-refractivity contribution is 8.17. The lowest BCUT2D eigenvalue weighted by atomic mass is 9.84. The van der Waals surface area contributed by atoms with Crippen LogP contribution in [0.25, 0.3) is 0 Å². The van der Waals surface area contributed by atoms with E-state index in [9.17, 15) is 0 Å². The van der Waals surface area contributed by atoms with Crippen LogP contribution in [0.2, 0.25) is 0 Å². The van der Waals surface area contributed by atoms with Gasteiger partial charge in [-0.05, 0) is 54.8 Å². The molecule has 0 spiro atoms. The molecule has 0 aliphatic carbocycles. The largest absolute Gasteiger partial charge is 0.346 e. The highest BCUT2D eigenvalue weighted by Crippen LogP contribution is 2.55. The molecule has 2 heterocycles. The van der Waals surface area contributed by atoms with Gasteiger partial charge in [-0.15, -0.1) is 0 Å². The van der Waals surface area contributed by atoms with Crippen LogP contribution in [0.5, 0.6) is 0 Å². The van der Waals surface area contributed by atoms with Crippen LogP contribution in [0.3, 0.4) is 0 Å². The molecule has 34 heavy (non-hydrogen) atoms. The van der Waals surface area contributed by atoms with Gasteiger partial charge in [-0.25, -0.2) is 0 Å². The second kappa shape index (κ2) is 9.37. The van der Waals surface area contributed by atoms with E-state index in [4.69, 9.17) is 4.99 Å². The first kappa shape index (κ1) is 24.8. The van der Waals surface area contributed by atoms with Crippen LogP contribution in [0.15, 0.2) is 65.4 Å². The Balaban J connectivity index is 1.58. The van der Waals surface area contributed by atoms with Gasteiger partial charge in [-0.2, -0.15) is 0 Å². The molecule has 3 nitrogen and oxygen atoms in total. The van der Waals surface area contributed by atoms with Gasteiger partial charge in [0.15, 0.2) is 0 Å². The average Bonchev–Trinajstić information content (AvgIpc) is 3.14. The summed E-state index contributed by atoms with van der Waals surface area (Å²) in [5.74, 6) is 1.02. The van der Waals surface area contributed by atoms with Crippen molar-refractivity contribution in [3.05, 3.63) is 71.6 Å². The maximum atomic E-state index is 4.93. The molecule has 0 bridgehead atoms. The average molecular weight is 476 g/mol. The van der Waals surface area contributed by atoms with Gasteiger partial charge in [0.1, 0.15) is 0 Å². The van der Waals surface area contributed by atoms with Gasteiger partial charge in [0.2, 0.25) is 0 Å². The third-order valence-corrected chi connectivity index (χ3v) is 10.6. The molecule has 3 unspecified atom stereocenters. The molecule has 0 N–H and O–H groups in total. The summed E-state index contributed by atoms with van der Waals surface area (Å²) in [7, 11) is 4.46. The molecule has 182 valence electrons. The minimum atomic E-state index is -0.0373. The van der Waals surface area contributed by atoms with Crippen LogP contribution >= 0.6 is 10.7 Å². The molecule has 0 amide bonds. The third-order valence-electron chi connectivity index (χ3n) is 8.03. The zero-order valence-corrected chi connectivity index (χ0v) is 23.0. The first-order chi connectivity index (χ1) is 16.1. The number of benzene rings is 2. The Morgan fingerprint density at radius 3 is 2.18 bits per heavy atom. The fraction of sp³-hybridized carbons (Fsp3) is 0.467. The molecular formula is C30H41N3S. The van der Waals surface area contributed by atoms with Crippen molar-refractivity contribution in [1.29, 1.82) is 0 Å². The minimum absolute atomic E-state index is 0.0373. The van der Waals surface area contributed by atoms with E-state index in [1.165, 1.54) is 28.2 Å². The van der Waals surface area contributed by atoms with E-state index in [0.717, 1.165) is 12.8 Å². The predicted molar refractivity (Wildman–Crippen MR) is 154 cm³/mol. The minimum Gasteiger partial charge on any atom is -0.346 e. The topological polar surface area (TPSA) is 18.8 Å². The Labute approximate surface area is 209 Å². The molecule has 0 aromatic heterocycles. The maximum Gasteiger partial charge on any atom is 0.0508 e. The number of fused-ring (bicyclic) bond motifs is 2. The molecule has 2 aromatic carbocycles. The molecule has 0 saturated heterocycles. The second-order valence-corrected chi connectivity index (χ2v) is 13.3. The second-order valence-electron chi connectivity index (χ2n) is 10.8. The number of hydrogen-bond donors (Lipinski definition) is 0. The Bertz CT molecular complexity index is 1140. The Morgan fingerprint density at radius 1 is 0.941 bits per heavy atom. The van der Waals surface area contributed by atoms with Crippen molar-refractivity contribution >= 4 is 33.6 Å². The lowest BCUT2D eigenvalue weighted by Crippen LogP contribution is -2.22. The Kier molecular flexibility index (Phi) is 6.83. The standard InChI is InChI=1S/C30H41N3S/c1-9-22(2)23(18-19-34-30(5,6)25-15-11-13-17-27(25)33(34)8)20-31-21-28-29(3,4)24-14-10-12-16-26(24)32(28)7/h10-17,19-23H,9,18H2,1-8H3/b28-21-,31-20?. The van der Waals surface area contributed by atoms with Crippen LogP contribution in [0, 0.1) is 11.8 Å². The van der Waals surface area contributed by atoms with Gasteiger partial charge >= 0.3 is 0 Å². The summed E-state index contributed by atoms with van der Waals surface area (Å²) in [5, 5.41) is 2.57. The Morgan fingerprint density at radius 2 is 1.56 bits per heavy atom. The first-order valence-corrected chi connectivity index (χ1v) is 13.8. The van der Waals surface area contributed by atoms with Gasteiger partial charge in [0, 0.05) is 49.2 Å². The summed E-state index contributed by atoms with van der Waals surface area (Å²) in [6.07, 6.45) is 6.51. The number of nitrogens with zero attached hydrogens (tertiary/aromatic N) is 3. The van der Waals surface area contributed by atoms with E-state index in [2.05, 4.69) is 131 Å². The summed E-state index contributed by atoms with van der Waals surface area (Å²) in [4.78, 5) is 7.23. The van der Waals surface area contributed by atoms with Crippen LogP contribution in [-0.2, 0) is 10.2 Å². The number of allylic oxidation sites excluding steroid dienone is 1. The molecular weight excluding hydrogens is 434 g/mol. The molecule has 4 heteroatoms. The van der Waals surface area contributed by atoms with Crippen molar-refractivity contribution in [3.63, 3.8) is 0 Å². The summed E-state index contributed by atoms with van der Waals surface area (Å²) in [6.45, 7) is 14.0. The van der Waals surface area contributed by atoms with E-state index < -0.39 is 0 Å². The first-order valence-electron chi connectivity index (χ1n) is 12.6. The monoisotopic (exact) mass is 475 g/mol. The number of aliphatic imine (C=N–C) groups is 1. The highest BCUT2D eigenvalue weighted by atomic mass is 32.2. The summed E-state index contributed by atoms with van der Waals surface area (Å²) in [6, 6.07) is 17.6. The fourth-order valence-corrected chi connectivity index (χ4v) is 8.04. The van der Waals surface area contributed by atoms with E-state index in [1.54, 1.807) is 0 Å². The van der Waals surface area contributed by atoms with E-state index in [1.807, 2.05) is 0 Å². The van der Waals surface area contributed by atoms with Crippen LogP contribution in [0.4, 0.5) is 11.4 Å². The molecule has 0 fully saturated rings. The predicted octanol–water partition coefficient (Wildman–Crippen LogP) is 7.75. The Hall–Kier alpha value is -2.33. The van der Waals surface area contributed by atoms with Crippen LogP contribution < -0.4 is 9.21 Å². The molecule has 0 radical (unpaired) electrons. The molecule has 2 aliphatic heterocycles. The van der Waals surface area contributed by atoms with Crippen molar-refractivity contribution in [1.82, 2.24) is 0 Å². The van der Waals surface area contributed by atoms with Crippen molar-refractivity contribution in [2.24, 2.45) is 16.8 Å². The fourth-order valence-electron chi connectivity index (χ4n) is 5.54. The van der Waals surface area contributed by atoms with Gasteiger partial charge in [-0.1, -0.05) is 81.2 Å². The third kappa shape index (κ3) is 4.15. The van der Waals surface area contributed by atoms with Crippen molar-refractivity contribution in [2.75, 3.05) is 23.3 Å².